The number of phenolic OH excluding ortho intramolecular Hbond substituents is 2. The van der Waals surface area contributed by atoms with Gasteiger partial charge < -0.3 is 10.2 Å². The lowest BCUT2D eigenvalue weighted by Crippen LogP contribution is -1.87. The van der Waals surface area contributed by atoms with E-state index in [1.165, 1.54) is 18.2 Å². The summed E-state index contributed by atoms with van der Waals surface area (Å²) in [7, 11) is -0.357. The molecule has 0 saturated heterocycles. The molecule has 0 aliphatic carbocycles. The lowest BCUT2D eigenvalue weighted by atomic mass is 10.2. The zero-order chi connectivity index (χ0) is 9.14. The van der Waals surface area contributed by atoms with Crippen LogP contribution in [0.5, 0.6) is 11.5 Å². The summed E-state index contributed by atoms with van der Waals surface area (Å²) >= 11 is 5.31. The molecule has 1 aromatic carbocycles. The predicted molar refractivity (Wildman–Crippen MR) is 48.3 cm³/mol. The number of halogens is 1. The first-order valence-corrected chi connectivity index (χ1v) is 5.09. The maximum Gasteiger partial charge on any atom is 0.196 e. The number of benzene rings is 1. The van der Waals surface area contributed by atoms with Crippen LogP contribution >= 0.6 is 19.2 Å². The molecule has 12 heavy (non-hydrogen) atoms. The van der Waals surface area contributed by atoms with Gasteiger partial charge in [-0.15, -0.1) is 0 Å². The third-order valence-corrected chi connectivity index (χ3v) is 2.30. The predicted octanol–water partition coefficient (Wildman–Crippen LogP) is 2.07. The molecule has 0 aliphatic rings. The standard InChI is InChI=1S/C7H6ClO3P/c8-12-7(11)4-1-2-5(9)6(10)3-4/h1-3,9-10,12H. The minimum absolute atomic E-state index is 0.246. The van der Waals surface area contributed by atoms with E-state index in [0.717, 1.165) is 0 Å². The van der Waals surface area contributed by atoms with Crippen LogP contribution in [-0.4, -0.2) is 15.7 Å². The SMILES string of the molecule is O=C(PCl)c1ccc(O)c(O)c1. The second kappa shape index (κ2) is 3.74. The van der Waals surface area contributed by atoms with Crippen molar-refractivity contribution in [1.29, 1.82) is 0 Å². The maximum absolute atomic E-state index is 11.0. The normalized spacial score (nSPS) is 10.8. The maximum atomic E-state index is 11.0. The van der Waals surface area contributed by atoms with Crippen LogP contribution in [0.1, 0.15) is 10.4 Å². The first kappa shape index (κ1) is 9.30. The summed E-state index contributed by atoms with van der Waals surface area (Å²) in [5.41, 5.74) is 0.0469. The number of carbonyl (C=O) groups excluding carboxylic acids is 1. The van der Waals surface area contributed by atoms with E-state index in [9.17, 15) is 4.79 Å². The molecular formula is C7H6ClO3P. The molecule has 5 heteroatoms. The van der Waals surface area contributed by atoms with Crippen LogP contribution in [0.25, 0.3) is 0 Å². The monoisotopic (exact) mass is 204 g/mol. The molecule has 1 rings (SSSR count). The van der Waals surface area contributed by atoms with Gasteiger partial charge in [-0.3, -0.25) is 4.79 Å². The Hall–Kier alpha value is -0.790. The van der Waals surface area contributed by atoms with Crippen molar-refractivity contribution in [3.05, 3.63) is 23.8 Å². The number of aromatic hydroxyl groups is 2. The van der Waals surface area contributed by atoms with Gasteiger partial charge in [0.05, 0.1) is 7.93 Å². The van der Waals surface area contributed by atoms with Gasteiger partial charge in [0.25, 0.3) is 0 Å². The van der Waals surface area contributed by atoms with Crippen molar-refractivity contribution >= 4 is 24.7 Å². The lowest BCUT2D eigenvalue weighted by molar-refractivity contribution is 0.108. The summed E-state index contributed by atoms with van der Waals surface area (Å²) in [6, 6.07) is 3.85. The van der Waals surface area contributed by atoms with Gasteiger partial charge in [0, 0.05) is 5.56 Å². The highest BCUT2D eigenvalue weighted by atomic mass is 35.7. The molecule has 0 aromatic heterocycles. The number of carbonyl (C=O) groups is 1. The minimum atomic E-state index is -0.357. The highest BCUT2D eigenvalue weighted by Gasteiger charge is 2.06. The molecule has 2 N–H and O–H groups in total. The van der Waals surface area contributed by atoms with Gasteiger partial charge in [-0.1, -0.05) is 11.2 Å². The van der Waals surface area contributed by atoms with Crippen molar-refractivity contribution in [1.82, 2.24) is 0 Å². The number of rotatable bonds is 2. The molecule has 0 bridgehead atoms. The van der Waals surface area contributed by atoms with Gasteiger partial charge in [0.1, 0.15) is 0 Å². The summed E-state index contributed by atoms with van der Waals surface area (Å²) in [6.45, 7) is 0. The van der Waals surface area contributed by atoms with E-state index < -0.39 is 0 Å². The summed E-state index contributed by atoms with van der Waals surface area (Å²) in [6.07, 6.45) is 0. The second-order valence-corrected chi connectivity index (χ2v) is 3.34. The smallest absolute Gasteiger partial charge is 0.196 e. The minimum Gasteiger partial charge on any atom is -0.504 e. The molecular weight excluding hydrogens is 199 g/mol. The summed E-state index contributed by atoms with van der Waals surface area (Å²) < 4.78 is 0. The van der Waals surface area contributed by atoms with E-state index in [0.29, 0.717) is 5.56 Å². The van der Waals surface area contributed by atoms with Gasteiger partial charge in [-0.25, -0.2) is 0 Å². The fourth-order valence-electron chi connectivity index (χ4n) is 0.719. The van der Waals surface area contributed by atoms with Crippen LogP contribution in [0.2, 0.25) is 0 Å². The van der Waals surface area contributed by atoms with Crippen molar-refractivity contribution in [2.24, 2.45) is 0 Å². The van der Waals surface area contributed by atoms with Crippen molar-refractivity contribution < 1.29 is 15.0 Å². The van der Waals surface area contributed by atoms with Crippen molar-refractivity contribution in [3.8, 4) is 11.5 Å². The number of phenols is 2. The van der Waals surface area contributed by atoms with Crippen LogP contribution in [0.3, 0.4) is 0 Å². The molecule has 0 aliphatic heterocycles. The highest BCUT2D eigenvalue weighted by Crippen LogP contribution is 2.29. The Morgan fingerprint density at radius 2 is 2.00 bits per heavy atom. The van der Waals surface area contributed by atoms with E-state index in [4.69, 9.17) is 21.5 Å². The molecule has 0 fully saturated rings. The van der Waals surface area contributed by atoms with Gasteiger partial charge >= 0.3 is 0 Å². The Balaban J connectivity index is 3.05. The van der Waals surface area contributed by atoms with E-state index in [-0.39, 0.29) is 25.0 Å². The Morgan fingerprint density at radius 3 is 2.50 bits per heavy atom. The average molecular weight is 205 g/mol. The Labute approximate surface area is 75.6 Å². The Morgan fingerprint density at radius 1 is 1.33 bits per heavy atom. The molecule has 1 atom stereocenters. The first-order valence-electron chi connectivity index (χ1n) is 3.08. The second-order valence-electron chi connectivity index (χ2n) is 2.13. The quantitative estimate of drug-likeness (QED) is 0.573. The first-order chi connectivity index (χ1) is 5.65. The lowest BCUT2D eigenvalue weighted by Gasteiger charge is -1.99. The van der Waals surface area contributed by atoms with E-state index in [1.807, 2.05) is 0 Å². The molecule has 1 unspecified atom stereocenters. The fourth-order valence-corrected chi connectivity index (χ4v) is 1.31. The van der Waals surface area contributed by atoms with E-state index >= 15 is 0 Å². The summed E-state index contributed by atoms with van der Waals surface area (Å²) in [4.78, 5) is 11.0. The van der Waals surface area contributed by atoms with E-state index in [1.54, 1.807) is 0 Å². The van der Waals surface area contributed by atoms with Gasteiger partial charge in [-0.05, 0) is 18.2 Å². The molecule has 1 aromatic rings. The molecule has 0 saturated carbocycles. The molecule has 0 heterocycles. The third kappa shape index (κ3) is 1.87. The number of hydrogen-bond acceptors (Lipinski definition) is 3. The zero-order valence-electron chi connectivity index (χ0n) is 5.91. The Bertz CT molecular complexity index is 314. The van der Waals surface area contributed by atoms with Crippen molar-refractivity contribution in [2.45, 2.75) is 0 Å². The number of hydrogen-bond donors (Lipinski definition) is 2. The Kier molecular flexibility index (Phi) is 2.90. The molecule has 3 nitrogen and oxygen atoms in total. The molecule has 64 valence electrons. The van der Waals surface area contributed by atoms with E-state index in [2.05, 4.69) is 0 Å². The zero-order valence-corrected chi connectivity index (χ0v) is 7.67. The van der Waals surface area contributed by atoms with Crippen molar-refractivity contribution in [2.75, 3.05) is 0 Å². The highest BCUT2D eigenvalue weighted by molar-refractivity contribution is 7.83. The average Bonchev–Trinajstić information content (AvgIpc) is 2.08. The van der Waals surface area contributed by atoms with Crippen molar-refractivity contribution in [3.63, 3.8) is 0 Å². The third-order valence-electron chi connectivity index (χ3n) is 1.32. The van der Waals surface area contributed by atoms with Crippen LogP contribution in [0.4, 0.5) is 0 Å². The van der Waals surface area contributed by atoms with Crippen LogP contribution in [0.15, 0.2) is 18.2 Å². The van der Waals surface area contributed by atoms with Gasteiger partial charge in [0.2, 0.25) is 0 Å². The van der Waals surface area contributed by atoms with Crippen LogP contribution in [0, 0.1) is 0 Å². The molecule has 0 spiro atoms. The summed E-state index contributed by atoms with van der Waals surface area (Å²) in [5.74, 6) is -0.555. The molecule has 0 amide bonds. The van der Waals surface area contributed by atoms with Gasteiger partial charge in [0.15, 0.2) is 17.0 Å². The van der Waals surface area contributed by atoms with Crippen LogP contribution < -0.4 is 0 Å². The van der Waals surface area contributed by atoms with Gasteiger partial charge in [-0.2, -0.15) is 0 Å². The fraction of sp³-hybridized carbons (Fsp3) is 0. The topological polar surface area (TPSA) is 57.5 Å². The van der Waals surface area contributed by atoms with Crippen LogP contribution in [-0.2, 0) is 0 Å². The largest absolute Gasteiger partial charge is 0.504 e. The summed E-state index contributed by atoms with van der Waals surface area (Å²) in [5, 5.41) is 17.9. The molecule has 0 radical (unpaired) electrons.